The molecule has 2 aromatic rings. The Hall–Kier alpha value is -2.89. The van der Waals surface area contributed by atoms with E-state index in [0.29, 0.717) is 36.5 Å². The molecule has 1 aromatic heterocycles. The Kier molecular flexibility index (Phi) is 6.68. The summed E-state index contributed by atoms with van der Waals surface area (Å²) in [5.41, 5.74) is 8.36. The zero-order valence-electron chi connectivity index (χ0n) is 20.9. The molecule has 0 spiro atoms. The van der Waals surface area contributed by atoms with Crippen LogP contribution in [0.2, 0.25) is 0 Å². The Morgan fingerprint density at radius 3 is 2.73 bits per heavy atom. The lowest BCUT2D eigenvalue weighted by Crippen LogP contribution is -2.64. The van der Waals surface area contributed by atoms with Crippen molar-refractivity contribution in [1.29, 1.82) is 0 Å². The molecular weight excluding hydrogens is 480 g/mol. The third kappa shape index (κ3) is 4.87. The van der Waals surface area contributed by atoms with E-state index in [2.05, 4.69) is 31.0 Å². The van der Waals surface area contributed by atoms with Gasteiger partial charge in [0.15, 0.2) is 0 Å². The molecule has 2 amide bonds. The number of likely N-dealkylation sites (tertiary alicyclic amines) is 1. The van der Waals surface area contributed by atoms with Crippen LogP contribution < -0.4 is 20.9 Å². The normalized spacial score (nSPS) is 32.0. The molecule has 5 unspecified atom stereocenters. The van der Waals surface area contributed by atoms with Crippen LogP contribution >= 0.6 is 0 Å². The maximum Gasteiger partial charge on any atom is 0.317 e. The van der Waals surface area contributed by atoms with Crippen molar-refractivity contribution in [2.24, 2.45) is 11.8 Å². The largest absolute Gasteiger partial charge is 0.467 e. The number of carbonyl (C=O) groups is 1. The first kappa shape index (κ1) is 24.4. The number of hydrazine groups is 1. The Balaban J connectivity index is 1.12. The summed E-state index contributed by atoms with van der Waals surface area (Å²) >= 11 is 0. The first-order chi connectivity index (χ1) is 18.0. The fourth-order valence-electron chi connectivity index (χ4n) is 6.67. The molecule has 3 aliphatic heterocycles. The predicted octanol–water partition coefficient (Wildman–Crippen LogP) is 2.37. The first-order valence-corrected chi connectivity index (χ1v) is 13.1. The number of hydrogen-bond donors (Lipinski definition) is 3. The van der Waals surface area contributed by atoms with Gasteiger partial charge in [0, 0.05) is 67.3 Å². The number of nitrogens with one attached hydrogen (secondary N) is 3. The molecule has 4 fully saturated rings. The standard InChI is InChI=1S/C26H33F2N7O2/c1-37-25-29-10-17(11-30-25)24-20-7-16-13-35(26(36)31-22(16)9-23(20)32-33-24)19-3-2-6-34(14-19)12-15-4-5-18(27)8-21(15)28/h4-5,8,10-11,16,19-20,22-24,32-33H,2-3,6-7,9,12-14H2,1H3,(H,31,36)/t16?,19-,20?,22?,23?,24?/m1/s1. The van der Waals surface area contributed by atoms with Crippen LogP contribution in [0, 0.1) is 23.5 Å². The molecule has 6 rings (SSSR count). The third-order valence-corrected chi connectivity index (χ3v) is 8.54. The van der Waals surface area contributed by atoms with Crippen LogP contribution in [0.25, 0.3) is 0 Å². The maximum atomic E-state index is 14.2. The first-order valence-electron chi connectivity index (χ1n) is 13.1. The summed E-state index contributed by atoms with van der Waals surface area (Å²) in [7, 11) is 1.55. The molecule has 0 bridgehead atoms. The Morgan fingerprint density at radius 1 is 1.11 bits per heavy atom. The molecule has 0 radical (unpaired) electrons. The number of amides is 2. The highest BCUT2D eigenvalue weighted by Gasteiger charge is 2.48. The van der Waals surface area contributed by atoms with Crippen molar-refractivity contribution in [2.45, 2.75) is 56.4 Å². The van der Waals surface area contributed by atoms with Crippen molar-refractivity contribution in [2.75, 3.05) is 26.7 Å². The molecule has 3 N–H and O–H groups in total. The number of fused-ring (bicyclic) bond motifs is 2. The third-order valence-electron chi connectivity index (χ3n) is 8.54. The van der Waals surface area contributed by atoms with Crippen molar-refractivity contribution < 1.29 is 18.3 Å². The number of halogens is 2. The van der Waals surface area contributed by atoms with Gasteiger partial charge in [0.25, 0.3) is 0 Å². The van der Waals surface area contributed by atoms with Crippen LogP contribution in [0.4, 0.5) is 13.6 Å². The van der Waals surface area contributed by atoms with E-state index < -0.39 is 11.6 Å². The number of benzene rings is 1. The molecule has 37 heavy (non-hydrogen) atoms. The number of piperidine rings is 1. The van der Waals surface area contributed by atoms with Crippen LogP contribution in [-0.2, 0) is 6.54 Å². The van der Waals surface area contributed by atoms with Crippen molar-refractivity contribution in [1.82, 2.24) is 35.9 Å². The van der Waals surface area contributed by atoms with Gasteiger partial charge >= 0.3 is 12.0 Å². The lowest BCUT2D eigenvalue weighted by Gasteiger charge is -2.49. The van der Waals surface area contributed by atoms with Crippen molar-refractivity contribution in [3.63, 3.8) is 0 Å². The summed E-state index contributed by atoms with van der Waals surface area (Å²) in [4.78, 5) is 25.9. The Morgan fingerprint density at radius 2 is 1.95 bits per heavy atom. The Bertz CT molecular complexity index is 1140. The van der Waals surface area contributed by atoms with Gasteiger partial charge in [-0.3, -0.25) is 10.3 Å². The minimum absolute atomic E-state index is 0.00873. The van der Waals surface area contributed by atoms with Crippen LogP contribution in [0.5, 0.6) is 6.01 Å². The number of aromatic nitrogens is 2. The molecular formula is C26H33F2N7O2. The van der Waals surface area contributed by atoms with Gasteiger partial charge in [-0.2, -0.15) is 0 Å². The van der Waals surface area contributed by atoms with Crippen molar-refractivity contribution in [3.8, 4) is 6.01 Å². The molecule has 1 saturated carbocycles. The number of carbonyl (C=O) groups excluding carboxylic acids is 1. The Labute approximate surface area is 214 Å². The average Bonchev–Trinajstić information content (AvgIpc) is 3.31. The summed E-state index contributed by atoms with van der Waals surface area (Å²) in [5, 5.41) is 3.29. The fraction of sp³-hybridized carbons (Fsp3) is 0.577. The van der Waals surface area contributed by atoms with Crippen molar-refractivity contribution in [3.05, 3.63) is 53.4 Å². The van der Waals surface area contributed by atoms with Gasteiger partial charge in [-0.05, 0) is 50.1 Å². The molecule has 9 nitrogen and oxygen atoms in total. The topological polar surface area (TPSA) is 94.6 Å². The second-order valence-electron chi connectivity index (χ2n) is 10.7. The number of nitrogens with zero attached hydrogens (tertiary/aromatic N) is 4. The summed E-state index contributed by atoms with van der Waals surface area (Å²) < 4.78 is 32.7. The van der Waals surface area contributed by atoms with Crippen molar-refractivity contribution >= 4 is 6.03 Å². The van der Waals surface area contributed by atoms with Gasteiger partial charge in [-0.15, -0.1) is 0 Å². The van der Waals surface area contributed by atoms with Gasteiger partial charge in [0.05, 0.1) is 13.2 Å². The van der Waals surface area contributed by atoms with Gasteiger partial charge in [0.1, 0.15) is 11.6 Å². The summed E-state index contributed by atoms with van der Waals surface area (Å²) in [6.45, 7) is 2.65. The van der Waals surface area contributed by atoms with E-state index in [0.717, 1.165) is 50.4 Å². The highest BCUT2D eigenvalue weighted by atomic mass is 19.1. The maximum absolute atomic E-state index is 14.2. The molecule has 1 aromatic carbocycles. The molecule has 11 heteroatoms. The van der Waals surface area contributed by atoms with E-state index in [1.165, 1.54) is 12.1 Å². The van der Waals surface area contributed by atoms with E-state index in [-0.39, 0.29) is 30.2 Å². The van der Waals surface area contributed by atoms with Crippen LogP contribution in [0.15, 0.2) is 30.6 Å². The van der Waals surface area contributed by atoms with Gasteiger partial charge < -0.3 is 15.0 Å². The highest BCUT2D eigenvalue weighted by Crippen LogP contribution is 2.42. The van der Waals surface area contributed by atoms with Gasteiger partial charge in [-0.1, -0.05) is 6.07 Å². The monoisotopic (exact) mass is 513 g/mol. The summed E-state index contributed by atoms with van der Waals surface area (Å²) in [6.07, 6.45) is 7.33. The predicted molar refractivity (Wildman–Crippen MR) is 131 cm³/mol. The number of ether oxygens (including phenoxy) is 1. The number of methoxy groups -OCH3 is 1. The average molecular weight is 514 g/mol. The number of urea groups is 1. The second kappa shape index (κ2) is 10.1. The van der Waals surface area contributed by atoms with E-state index in [9.17, 15) is 13.6 Å². The van der Waals surface area contributed by atoms with Gasteiger partial charge in [-0.25, -0.2) is 29.0 Å². The van der Waals surface area contributed by atoms with Crippen LogP contribution in [-0.4, -0.2) is 70.7 Å². The molecule has 4 aliphatic rings. The minimum Gasteiger partial charge on any atom is -0.467 e. The lowest BCUT2D eigenvalue weighted by atomic mass is 9.71. The second-order valence-corrected chi connectivity index (χ2v) is 10.7. The van der Waals surface area contributed by atoms with E-state index in [1.54, 1.807) is 7.11 Å². The summed E-state index contributed by atoms with van der Waals surface area (Å²) in [6, 6.07) is 4.65. The van der Waals surface area contributed by atoms with Crippen LogP contribution in [0.3, 0.4) is 0 Å². The molecule has 6 atom stereocenters. The fourth-order valence-corrected chi connectivity index (χ4v) is 6.67. The van der Waals surface area contributed by atoms with E-state index in [1.807, 2.05) is 17.3 Å². The SMILES string of the molecule is COc1ncc(C2NNC3CC4NC(=O)N([C@@H]5CCCN(Cc6ccc(F)cc6F)C5)CC4CC32)cn1. The molecule has 4 heterocycles. The zero-order valence-corrected chi connectivity index (χ0v) is 20.9. The highest BCUT2D eigenvalue weighted by molar-refractivity contribution is 5.76. The van der Waals surface area contributed by atoms with E-state index in [4.69, 9.17) is 4.74 Å². The zero-order chi connectivity index (χ0) is 25.5. The van der Waals surface area contributed by atoms with Gasteiger partial charge in [0.2, 0.25) is 0 Å². The summed E-state index contributed by atoms with van der Waals surface area (Å²) in [5.74, 6) is -0.388. The number of rotatable bonds is 5. The molecule has 1 aliphatic carbocycles. The van der Waals surface area contributed by atoms with Crippen LogP contribution in [0.1, 0.15) is 42.9 Å². The lowest BCUT2D eigenvalue weighted by molar-refractivity contribution is 0.0521. The molecule has 198 valence electrons. The quantitative estimate of drug-likeness (QED) is 0.565. The number of hydrogen-bond acceptors (Lipinski definition) is 7. The van der Waals surface area contributed by atoms with E-state index >= 15 is 0 Å². The molecule has 3 saturated heterocycles. The smallest absolute Gasteiger partial charge is 0.317 e. The minimum atomic E-state index is -0.568.